The summed E-state index contributed by atoms with van der Waals surface area (Å²) in [5, 5.41) is 17.0. The molecule has 0 fully saturated rings. The van der Waals surface area contributed by atoms with Crippen LogP contribution in [0.2, 0.25) is 0 Å². The number of rotatable bonds is 3. The van der Waals surface area contributed by atoms with Gasteiger partial charge in [0.15, 0.2) is 0 Å². The van der Waals surface area contributed by atoms with E-state index in [1.807, 2.05) is 0 Å². The van der Waals surface area contributed by atoms with Gasteiger partial charge in [-0.2, -0.15) is 0 Å². The van der Waals surface area contributed by atoms with Crippen molar-refractivity contribution in [2.75, 3.05) is 0 Å². The molecule has 2 N–H and O–H groups in total. The van der Waals surface area contributed by atoms with Crippen LogP contribution in [0.25, 0.3) is 0 Å². The molecule has 1 aliphatic rings. The average molecular weight is 318 g/mol. The van der Waals surface area contributed by atoms with Crippen LogP contribution in [-0.2, 0) is 13.0 Å². The molecule has 0 aliphatic heterocycles. The Morgan fingerprint density at radius 3 is 2.82 bits per heavy atom. The summed E-state index contributed by atoms with van der Waals surface area (Å²) in [7, 11) is 0. The molecule has 0 bridgehead atoms. The molecule has 1 aromatic carbocycles. The second kappa shape index (κ2) is 6.27. The number of hydrogen-bond acceptors (Lipinski definition) is 4. The molecule has 0 radical (unpaired) electrons. The van der Waals surface area contributed by atoms with Crippen molar-refractivity contribution in [2.45, 2.75) is 25.8 Å². The summed E-state index contributed by atoms with van der Waals surface area (Å²) in [6.07, 6.45) is 2.43. The van der Waals surface area contributed by atoms with Gasteiger partial charge < -0.3 is 10.5 Å². The smallest absolute Gasteiger partial charge is 0.252 e. The maximum absolute atomic E-state index is 12.9. The summed E-state index contributed by atoms with van der Waals surface area (Å²) in [4.78, 5) is 13.2. The number of amides is 1. The van der Waals surface area contributed by atoms with Crippen LogP contribution in [0, 0.1) is 5.82 Å². The molecule has 114 valence electrons. The van der Waals surface area contributed by atoms with Crippen LogP contribution in [0.15, 0.2) is 34.8 Å². The molecule has 1 amide bonds. The first-order valence-corrected chi connectivity index (χ1v) is 7.91. The number of nitrogens with zero attached hydrogens (tertiary/aromatic N) is 1. The van der Waals surface area contributed by atoms with E-state index in [2.05, 4.69) is 10.5 Å². The highest BCUT2D eigenvalue weighted by Crippen LogP contribution is 2.30. The molecular weight excluding hydrogens is 303 g/mol. The summed E-state index contributed by atoms with van der Waals surface area (Å²) < 4.78 is 12.9. The molecule has 0 spiro atoms. The van der Waals surface area contributed by atoms with E-state index >= 15 is 0 Å². The molecule has 0 saturated heterocycles. The molecule has 4 nitrogen and oxygen atoms in total. The number of thiophene rings is 1. The molecule has 0 unspecified atom stereocenters. The summed E-state index contributed by atoms with van der Waals surface area (Å²) >= 11 is 1.44. The standard InChI is InChI=1S/C16H15FN2O2S/c17-11-6-4-10(5-7-11)8-18-16(20)13-9-22-15-12(13)2-1-3-14(15)19-21/h4-7,9,21H,1-3,8H2,(H,18,20)/b19-14-. The van der Waals surface area contributed by atoms with E-state index in [4.69, 9.17) is 5.21 Å². The zero-order chi connectivity index (χ0) is 15.5. The second-order valence-electron chi connectivity index (χ2n) is 5.17. The number of oxime groups is 1. The third-order valence-electron chi connectivity index (χ3n) is 3.73. The van der Waals surface area contributed by atoms with E-state index in [-0.39, 0.29) is 11.7 Å². The first-order valence-electron chi connectivity index (χ1n) is 7.03. The normalized spacial score (nSPS) is 15.6. The first kappa shape index (κ1) is 14.7. The molecule has 22 heavy (non-hydrogen) atoms. The van der Waals surface area contributed by atoms with Crippen molar-refractivity contribution in [1.29, 1.82) is 0 Å². The molecule has 0 atom stereocenters. The van der Waals surface area contributed by atoms with E-state index < -0.39 is 0 Å². The van der Waals surface area contributed by atoms with Gasteiger partial charge in [-0.05, 0) is 42.5 Å². The zero-order valence-corrected chi connectivity index (χ0v) is 12.6. The third-order valence-corrected chi connectivity index (χ3v) is 4.80. The maximum Gasteiger partial charge on any atom is 0.252 e. The Bertz CT molecular complexity index is 722. The lowest BCUT2D eigenvalue weighted by atomic mass is 9.94. The number of hydrogen-bond donors (Lipinski definition) is 2. The molecular formula is C16H15FN2O2S. The molecule has 1 aromatic heterocycles. The molecule has 3 rings (SSSR count). The highest BCUT2D eigenvalue weighted by atomic mass is 32.1. The van der Waals surface area contributed by atoms with Gasteiger partial charge in [0.25, 0.3) is 5.91 Å². The van der Waals surface area contributed by atoms with E-state index in [0.717, 1.165) is 35.3 Å². The SMILES string of the molecule is O=C(NCc1ccc(F)cc1)c1csc2c1CCC/C2=N/O. The average Bonchev–Trinajstić information content (AvgIpc) is 2.98. The fourth-order valence-corrected chi connectivity index (χ4v) is 3.70. The summed E-state index contributed by atoms with van der Waals surface area (Å²) in [5.41, 5.74) is 3.10. The first-order chi connectivity index (χ1) is 10.7. The fraction of sp³-hybridized carbons (Fsp3) is 0.250. The van der Waals surface area contributed by atoms with Crippen LogP contribution in [0.5, 0.6) is 0 Å². The number of halogens is 1. The number of fused-ring (bicyclic) bond motifs is 1. The van der Waals surface area contributed by atoms with Gasteiger partial charge in [0.2, 0.25) is 0 Å². The molecule has 1 heterocycles. The van der Waals surface area contributed by atoms with Gasteiger partial charge in [-0.15, -0.1) is 11.3 Å². The van der Waals surface area contributed by atoms with Crippen molar-refractivity contribution in [3.05, 3.63) is 57.0 Å². The van der Waals surface area contributed by atoms with Gasteiger partial charge in [0.05, 0.1) is 16.2 Å². The predicted octanol–water partition coefficient (Wildman–Crippen LogP) is 3.33. The van der Waals surface area contributed by atoms with Crippen molar-refractivity contribution in [3.8, 4) is 0 Å². The lowest BCUT2D eigenvalue weighted by Gasteiger charge is -2.14. The molecule has 1 aliphatic carbocycles. The monoisotopic (exact) mass is 318 g/mol. The third kappa shape index (κ3) is 2.87. The topological polar surface area (TPSA) is 61.7 Å². The van der Waals surface area contributed by atoms with E-state index in [1.54, 1.807) is 17.5 Å². The van der Waals surface area contributed by atoms with Crippen molar-refractivity contribution in [2.24, 2.45) is 5.16 Å². The van der Waals surface area contributed by atoms with E-state index in [1.165, 1.54) is 23.5 Å². The van der Waals surface area contributed by atoms with Gasteiger partial charge in [0.1, 0.15) is 5.82 Å². The Morgan fingerprint density at radius 2 is 2.09 bits per heavy atom. The number of nitrogens with one attached hydrogen (secondary N) is 1. The van der Waals surface area contributed by atoms with E-state index in [0.29, 0.717) is 17.8 Å². The van der Waals surface area contributed by atoms with Gasteiger partial charge >= 0.3 is 0 Å². The predicted molar refractivity (Wildman–Crippen MR) is 83.2 cm³/mol. The van der Waals surface area contributed by atoms with Crippen molar-refractivity contribution in [3.63, 3.8) is 0 Å². The van der Waals surface area contributed by atoms with Crippen molar-refractivity contribution < 1.29 is 14.4 Å². The highest BCUT2D eigenvalue weighted by molar-refractivity contribution is 7.12. The Labute approximate surface area is 131 Å². The van der Waals surface area contributed by atoms with Crippen LogP contribution in [0.4, 0.5) is 4.39 Å². The fourth-order valence-electron chi connectivity index (χ4n) is 2.58. The summed E-state index contributed by atoms with van der Waals surface area (Å²) in [5.74, 6) is -0.446. The van der Waals surface area contributed by atoms with Gasteiger partial charge in [-0.1, -0.05) is 17.3 Å². The number of carbonyl (C=O) groups excluding carboxylic acids is 1. The van der Waals surface area contributed by atoms with Gasteiger partial charge in [0, 0.05) is 11.9 Å². The van der Waals surface area contributed by atoms with Crippen LogP contribution < -0.4 is 5.32 Å². The zero-order valence-electron chi connectivity index (χ0n) is 11.8. The summed E-state index contributed by atoms with van der Waals surface area (Å²) in [6.45, 7) is 0.352. The van der Waals surface area contributed by atoms with Crippen molar-refractivity contribution in [1.82, 2.24) is 5.32 Å². The highest BCUT2D eigenvalue weighted by Gasteiger charge is 2.24. The minimum absolute atomic E-state index is 0.152. The van der Waals surface area contributed by atoms with E-state index in [9.17, 15) is 9.18 Å². The van der Waals surface area contributed by atoms with Crippen LogP contribution in [-0.4, -0.2) is 16.8 Å². The number of benzene rings is 1. The van der Waals surface area contributed by atoms with Crippen LogP contribution >= 0.6 is 11.3 Å². The van der Waals surface area contributed by atoms with Gasteiger partial charge in [-0.3, -0.25) is 4.79 Å². The lowest BCUT2D eigenvalue weighted by molar-refractivity contribution is 0.0950. The summed E-state index contributed by atoms with van der Waals surface area (Å²) in [6, 6.07) is 6.04. The quantitative estimate of drug-likeness (QED) is 0.673. The molecule has 2 aromatic rings. The Kier molecular flexibility index (Phi) is 4.20. The van der Waals surface area contributed by atoms with Gasteiger partial charge in [-0.25, -0.2) is 4.39 Å². The minimum atomic E-state index is -0.294. The minimum Gasteiger partial charge on any atom is -0.411 e. The maximum atomic E-state index is 12.9. The molecule has 6 heteroatoms. The Balaban J connectivity index is 1.73. The van der Waals surface area contributed by atoms with Crippen molar-refractivity contribution >= 4 is 23.0 Å². The Morgan fingerprint density at radius 1 is 1.32 bits per heavy atom. The lowest BCUT2D eigenvalue weighted by Crippen LogP contribution is -2.24. The van der Waals surface area contributed by atoms with Crippen LogP contribution in [0.1, 0.15) is 39.2 Å². The second-order valence-corrected chi connectivity index (χ2v) is 6.05. The number of carbonyl (C=O) groups is 1. The Hall–Kier alpha value is -2.21. The molecule has 0 saturated carbocycles. The van der Waals surface area contributed by atoms with Crippen LogP contribution in [0.3, 0.4) is 0 Å². The largest absolute Gasteiger partial charge is 0.411 e.